The highest BCUT2D eigenvalue weighted by atomic mass is 32.2. The van der Waals surface area contributed by atoms with Crippen LogP contribution in [0.4, 0.5) is 10.5 Å². The summed E-state index contributed by atoms with van der Waals surface area (Å²) in [5, 5.41) is 16.6. The minimum atomic E-state index is -1.11. The van der Waals surface area contributed by atoms with Crippen molar-refractivity contribution in [3.05, 3.63) is 59.2 Å². The van der Waals surface area contributed by atoms with Gasteiger partial charge in [-0.2, -0.15) is 11.8 Å². The van der Waals surface area contributed by atoms with Gasteiger partial charge in [0.15, 0.2) is 0 Å². The van der Waals surface area contributed by atoms with Crippen LogP contribution in [-0.2, 0) is 14.3 Å². The minimum Gasteiger partial charge on any atom is -0.508 e. The molecule has 4 atom stereocenters. The average Bonchev–Trinajstić information content (AvgIpc) is 3.57. The molecule has 0 spiro atoms. The Morgan fingerprint density at radius 3 is 2.26 bits per heavy atom. The Morgan fingerprint density at radius 1 is 1.10 bits per heavy atom. The van der Waals surface area contributed by atoms with Gasteiger partial charge in [-0.3, -0.25) is 9.59 Å². The third-order valence-corrected chi connectivity index (χ3v) is 7.41. The van der Waals surface area contributed by atoms with Crippen LogP contribution in [0.2, 0.25) is 0 Å². The smallest absolute Gasteiger partial charge is 0.408 e. The lowest BCUT2D eigenvalue weighted by Crippen LogP contribution is -2.53. The molecule has 1 aliphatic carbocycles. The maximum absolute atomic E-state index is 14.3. The number of amides is 3. The van der Waals surface area contributed by atoms with Crippen molar-refractivity contribution in [1.82, 2.24) is 10.2 Å². The van der Waals surface area contributed by atoms with Gasteiger partial charge in [-0.15, -0.1) is 0 Å². The second-order valence-corrected chi connectivity index (χ2v) is 12.2. The van der Waals surface area contributed by atoms with Crippen molar-refractivity contribution in [1.29, 1.82) is 0 Å². The normalized spacial score (nSPS) is 18.0. The number of rotatable bonds is 10. The molecule has 1 saturated carbocycles. The number of benzene rings is 2. The molecule has 0 aliphatic heterocycles. The summed E-state index contributed by atoms with van der Waals surface area (Å²) >= 11 is 1.56. The summed E-state index contributed by atoms with van der Waals surface area (Å²) in [5.74, 6) is -0.101. The maximum Gasteiger partial charge on any atom is 0.408 e. The molecule has 0 aromatic heterocycles. The highest BCUT2D eigenvalue weighted by Gasteiger charge is 2.48. The molecular formula is C30H41N3O5S. The third-order valence-electron chi connectivity index (χ3n) is 6.77. The van der Waals surface area contributed by atoms with Crippen LogP contribution >= 0.6 is 11.8 Å². The van der Waals surface area contributed by atoms with E-state index in [9.17, 15) is 19.5 Å². The first-order chi connectivity index (χ1) is 18.3. The van der Waals surface area contributed by atoms with E-state index in [0.29, 0.717) is 29.8 Å². The van der Waals surface area contributed by atoms with E-state index in [1.165, 1.54) is 6.07 Å². The van der Waals surface area contributed by atoms with Crippen LogP contribution < -0.4 is 10.6 Å². The van der Waals surface area contributed by atoms with Crippen LogP contribution in [0.1, 0.15) is 63.3 Å². The molecule has 3 N–H and O–H groups in total. The fourth-order valence-electron chi connectivity index (χ4n) is 4.63. The predicted molar refractivity (Wildman–Crippen MR) is 156 cm³/mol. The highest BCUT2D eigenvalue weighted by Crippen LogP contribution is 2.43. The van der Waals surface area contributed by atoms with Gasteiger partial charge in [-0.25, -0.2) is 4.79 Å². The van der Waals surface area contributed by atoms with Gasteiger partial charge in [0.2, 0.25) is 5.91 Å². The number of hydrogen-bond acceptors (Lipinski definition) is 6. The van der Waals surface area contributed by atoms with E-state index < -0.39 is 29.7 Å². The van der Waals surface area contributed by atoms with Crippen LogP contribution in [0, 0.1) is 19.8 Å². The van der Waals surface area contributed by atoms with Crippen molar-refractivity contribution in [2.45, 2.75) is 78.1 Å². The molecule has 0 heterocycles. The quantitative estimate of drug-likeness (QED) is 0.354. The first-order valence-electron chi connectivity index (χ1n) is 13.3. The summed E-state index contributed by atoms with van der Waals surface area (Å²) in [7, 11) is 0. The highest BCUT2D eigenvalue weighted by molar-refractivity contribution is 7.98. The van der Waals surface area contributed by atoms with E-state index in [0.717, 1.165) is 11.1 Å². The summed E-state index contributed by atoms with van der Waals surface area (Å²) in [6.07, 6.45) is 2.32. The Hall–Kier alpha value is -3.20. The van der Waals surface area contributed by atoms with E-state index in [2.05, 4.69) is 10.6 Å². The summed E-state index contributed by atoms with van der Waals surface area (Å²) in [6, 6.07) is 10.1. The van der Waals surface area contributed by atoms with Gasteiger partial charge in [0.05, 0.1) is 0 Å². The van der Waals surface area contributed by atoms with Gasteiger partial charge in [-0.1, -0.05) is 43.3 Å². The molecule has 3 amide bonds. The molecule has 0 saturated heterocycles. The molecule has 2 aromatic carbocycles. The van der Waals surface area contributed by atoms with Crippen molar-refractivity contribution < 1.29 is 24.2 Å². The average molecular weight is 556 g/mol. The molecule has 1 aliphatic rings. The van der Waals surface area contributed by atoms with Crippen LogP contribution in [0.25, 0.3) is 0 Å². The predicted octanol–water partition coefficient (Wildman–Crippen LogP) is 5.57. The lowest BCUT2D eigenvalue weighted by molar-refractivity contribution is -0.141. The van der Waals surface area contributed by atoms with Crippen molar-refractivity contribution in [2.75, 3.05) is 17.3 Å². The van der Waals surface area contributed by atoms with Crippen molar-refractivity contribution in [2.24, 2.45) is 5.92 Å². The number of carbonyl (C=O) groups is 3. The summed E-state index contributed by atoms with van der Waals surface area (Å²) < 4.78 is 5.45. The molecule has 3 rings (SSSR count). The second kappa shape index (κ2) is 12.8. The number of para-hydroxylation sites is 2. The van der Waals surface area contributed by atoms with Crippen molar-refractivity contribution >= 4 is 35.4 Å². The molecular weight excluding hydrogens is 514 g/mol. The SMILES string of the molecule is CSCCC(NC(=O)OC(C)(C)C)C(=O)N(C(C(=O)Nc1c(C)cccc1C)c1ccccc1O)C1CC1C. The minimum absolute atomic E-state index is 0.0778. The summed E-state index contributed by atoms with van der Waals surface area (Å²) in [4.78, 5) is 42.6. The number of aryl methyl sites for hydroxylation is 2. The van der Waals surface area contributed by atoms with Crippen LogP contribution in [0.5, 0.6) is 5.75 Å². The lowest BCUT2D eigenvalue weighted by atomic mass is 10.00. The van der Waals surface area contributed by atoms with E-state index in [4.69, 9.17) is 4.74 Å². The zero-order valence-corrected chi connectivity index (χ0v) is 24.7. The standard InChI is InChI=1S/C30H41N3O5S/c1-18-11-10-12-19(2)25(18)32-27(35)26(21-13-8-9-14-24(21)34)33(23-17-20(23)3)28(36)22(15-16-39-7)31-29(37)38-30(4,5)6/h8-14,20,22-23,26,34H,15-17H2,1-7H3,(H,31,37)(H,32,35). The molecule has 39 heavy (non-hydrogen) atoms. The number of carbonyl (C=O) groups excluding carboxylic acids is 3. The van der Waals surface area contributed by atoms with Gasteiger partial charge in [0.1, 0.15) is 23.4 Å². The molecule has 9 heteroatoms. The molecule has 0 radical (unpaired) electrons. The van der Waals surface area contributed by atoms with Crippen LogP contribution in [-0.4, -0.2) is 57.6 Å². The number of thioether (sulfide) groups is 1. The van der Waals surface area contributed by atoms with E-state index >= 15 is 0 Å². The van der Waals surface area contributed by atoms with E-state index in [1.54, 1.807) is 55.6 Å². The number of hydrogen-bond donors (Lipinski definition) is 3. The first kappa shape index (κ1) is 30.3. The first-order valence-corrected chi connectivity index (χ1v) is 14.7. The van der Waals surface area contributed by atoms with Crippen LogP contribution in [0.15, 0.2) is 42.5 Å². The van der Waals surface area contributed by atoms with Crippen molar-refractivity contribution in [3.63, 3.8) is 0 Å². The summed E-state index contributed by atoms with van der Waals surface area (Å²) in [5.41, 5.74) is 2.05. The van der Waals surface area contributed by atoms with E-state index in [-0.39, 0.29) is 23.6 Å². The number of aromatic hydroxyl groups is 1. The van der Waals surface area contributed by atoms with Crippen LogP contribution in [0.3, 0.4) is 0 Å². The number of ether oxygens (including phenoxy) is 1. The molecule has 8 nitrogen and oxygen atoms in total. The zero-order valence-electron chi connectivity index (χ0n) is 23.9. The second-order valence-electron chi connectivity index (χ2n) is 11.2. The van der Waals surface area contributed by atoms with Gasteiger partial charge in [0, 0.05) is 17.3 Å². The lowest BCUT2D eigenvalue weighted by Gasteiger charge is -2.35. The van der Waals surface area contributed by atoms with Gasteiger partial charge < -0.3 is 25.4 Å². The van der Waals surface area contributed by atoms with Gasteiger partial charge >= 0.3 is 6.09 Å². The fourth-order valence-corrected chi connectivity index (χ4v) is 5.11. The van der Waals surface area contributed by atoms with Gasteiger partial charge in [0.25, 0.3) is 5.91 Å². The zero-order chi connectivity index (χ0) is 28.9. The number of nitrogens with zero attached hydrogens (tertiary/aromatic N) is 1. The molecule has 0 bridgehead atoms. The Morgan fingerprint density at radius 2 is 1.72 bits per heavy atom. The summed E-state index contributed by atoms with van der Waals surface area (Å²) in [6.45, 7) is 11.1. The Bertz CT molecular complexity index is 1180. The largest absolute Gasteiger partial charge is 0.508 e. The maximum atomic E-state index is 14.3. The van der Waals surface area contributed by atoms with E-state index in [1.807, 2.05) is 45.2 Å². The number of nitrogens with one attached hydrogen (secondary N) is 2. The third kappa shape index (κ3) is 7.91. The molecule has 4 unspecified atom stereocenters. The topological polar surface area (TPSA) is 108 Å². The monoisotopic (exact) mass is 555 g/mol. The molecule has 212 valence electrons. The fraction of sp³-hybridized carbons (Fsp3) is 0.500. The van der Waals surface area contributed by atoms with Crippen molar-refractivity contribution in [3.8, 4) is 5.75 Å². The Balaban J connectivity index is 2.05. The Labute approximate surface area is 235 Å². The number of anilines is 1. The molecule has 2 aromatic rings. The number of phenolic OH excluding ortho intramolecular Hbond substituents is 1. The number of alkyl carbamates (subject to hydrolysis) is 1. The molecule has 1 fully saturated rings. The van der Waals surface area contributed by atoms with Gasteiger partial charge in [-0.05, 0) is 82.6 Å². The Kier molecular flexibility index (Phi) is 9.93. The number of phenols is 1.